The molecule has 23 heavy (non-hydrogen) atoms. The van der Waals surface area contributed by atoms with Crippen LogP contribution in [0.1, 0.15) is 60.3 Å². The molecule has 0 aliphatic carbocycles. The van der Waals surface area contributed by atoms with Crippen molar-refractivity contribution in [1.82, 2.24) is 9.80 Å². The summed E-state index contributed by atoms with van der Waals surface area (Å²) in [5.41, 5.74) is 0.779. The van der Waals surface area contributed by atoms with Gasteiger partial charge in [0.15, 0.2) is 0 Å². The Bertz CT molecular complexity index is 368. The predicted molar refractivity (Wildman–Crippen MR) is 98.8 cm³/mol. The minimum absolute atomic E-state index is 0.355. The lowest BCUT2D eigenvalue weighted by atomic mass is 9.78. The first-order chi connectivity index (χ1) is 10.5. The zero-order chi connectivity index (χ0) is 17.3. The summed E-state index contributed by atoms with van der Waals surface area (Å²) in [6.07, 6.45) is 5.56. The number of nitrogens with zero attached hydrogens (tertiary/aromatic N) is 2. The first-order valence-electron chi connectivity index (χ1n) is 9.54. The minimum atomic E-state index is 0.355. The normalized spacial score (nSPS) is 28.8. The molecule has 2 atom stereocenters. The summed E-state index contributed by atoms with van der Waals surface area (Å²) in [7, 11) is 4.52. The molecular weight excluding hydrogens is 284 g/mol. The smallest absolute Gasteiger partial charge is 0.0707 e. The van der Waals surface area contributed by atoms with Gasteiger partial charge in [-0.2, -0.15) is 0 Å². The van der Waals surface area contributed by atoms with Crippen molar-refractivity contribution in [2.75, 3.05) is 40.3 Å². The molecule has 2 aliphatic rings. The van der Waals surface area contributed by atoms with Crippen LogP contribution in [0.25, 0.3) is 0 Å². The number of rotatable bonds is 6. The van der Waals surface area contributed by atoms with Crippen LogP contribution in [0.15, 0.2) is 0 Å². The average molecular weight is 325 g/mol. The molecule has 0 saturated carbocycles. The van der Waals surface area contributed by atoms with E-state index in [0.717, 1.165) is 25.5 Å². The maximum absolute atomic E-state index is 6.21. The van der Waals surface area contributed by atoms with Gasteiger partial charge in [0.25, 0.3) is 0 Å². The molecule has 2 heterocycles. The van der Waals surface area contributed by atoms with Gasteiger partial charge in [-0.05, 0) is 56.5 Å². The maximum atomic E-state index is 6.21. The van der Waals surface area contributed by atoms with Gasteiger partial charge in [0.1, 0.15) is 0 Å². The first kappa shape index (κ1) is 19.2. The van der Waals surface area contributed by atoms with Gasteiger partial charge in [-0.15, -0.1) is 0 Å². The summed E-state index contributed by atoms with van der Waals surface area (Å²) in [4.78, 5) is 4.98. The van der Waals surface area contributed by atoms with E-state index in [2.05, 4.69) is 58.5 Å². The molecule has 2 fully saturated rings. The van der Waals surface area contributed by atoms with E-state index < -0.39 is 0 Å². The summed E-state index contributed by atoms with van der Waals surface area (Å²) < 4.78 is 6.21. The van der Waals surface area contributed by atoms with Crippen LogP contribution in [0.4, 0.5) is 0 Å². The van der Waals surface area contributed by atoms with Crippen LogP contribution in [-0.2, 0) is 4.74 Å². The SMILES string of the molecule is CN1CC(CCC(C)(C)CC2COC(CC(C)(C)C)CN2C)C1. The highest BCUT2D eigenvalue weighted by Crippen LogP contribution is 2.35. The fourth-order valence-electron chi connectivity index (χ4n) is 4.26. The monoisotopic (exact) mass is 324 g/mol. The number of hydrogen-bond donors (Lipinski definition) is 0. The molecule has 136 valence electrons. The molecule has 3 nitrogen and oxygen atoms in total. The molecule has 3 heteroatoms. The summed E-state index contributed by atoms with van der Waals surface area (Å²) in [5.74, 6) is 0.941. The van der Waals surface area contributed by atoms with Crippen molar-refractivity contribution >= 4 is 0 Å². The number of ether oxygens (including phenoxy) is 1. The number of likely N-dealkylation sites (tertiary alicyclic amines) is 1. The van der Waals surface area contributed by atoms with Gasteiger partial charge in [0.2, 0.25) is 0 Å². The molecule has 2 saturated heterocycles. The van der Waals surface area contributed by atoms with Crippen molar-refractivity contribution in [3.05, 3.63) is 0 Å². The molecule has 0 aromatic rings. The topological polar surface area (TPSA) is 15.7 Å². The van der Waals surface area contributed by atoms with Crippen molar-refractivity contribution in [3.63, 3.8) is 0 Å². The molecule has 0 aromatic carbocycles. The molecule has 2 rings (SSSR count). The second kappa shape index (κ2) is 7.41. The van der Waals surface area contributed by atoms with Crippen molar-refractivity contribution in [2.24, 2.45) is 16.7 Å². The maximum Gasteiger partial charge on any atom is 0.0707 e. The third-order valence-corrected chi connectivity index (χ3v) is 5.64. The Labute approximate surface area is 144 Å². The van der Waals surface area contributed by atoms with E-state index >= 15 is 0 Å². The van der Waals surface area contributed by atoms with Crippen LogP contribution in [0.2, 0.25) is 0 Å². The molecular formula is C20H40N2O. The molecule has 2 aliphatic heterocycles. The number of likely N-dealkylation sites (N-methyl/N-ethyl adjacent to an activating group) is 1. The van der Waals surface area contributed by atoms with Gasteiger partial charge in [-0.25, -0.2) is 0 Å². The predicted octanol–water partition coefficient (Wildman–Crippen LogP) is 3.88. The fraction of sp³-hybridized carbons (Fsp3) is 1.00. The average Bonchev–Trinajstić information content (AvgIpc) is 2.35. The van der Waals surface area contributed by atoms with E-state index in [-0.39, 0.29) is 0 Å². The van der Waals surface area contributed by atoms with Crippen molar-refractivity contribution < 1.29 is 4.74 Å². The zero-order valence-electron chi connectivity index (χ0n) is 16.7. The van der Waals surface area contributed by atoms with Crippen LogP contribution in [0, 0.1) is 16.7 Å². The molecule has 0 N–H and O–H groups in total. The van der Waals surface area contributed by atoms with E-state index in [0.29, 0.717) is 23.0 Å². The van der Waals surface area contributed by atoms with E-state index in [1.807, 2.05) is 0 Å². The highest BCUT2D eigenvalue weighted by molar-refractivity contribution is 4.86. The third kappa shape index (κ3) is 6.36. The Morgan fingerprint density at radius 2 is 1.61 bits per heavy atom. The Kier molecular flexibility index (Phi) is 6.19. The second-order valence-electron chi connectivity index (χ2n) is 10.3. The standard InChI is InChI=1S/C20H40N2O/c1-19(2,3)11-18-14-22(7)17(15-23-18)10-20(4,5)9-8-16-12-21(6)13-16/h16-18H,8-15H2,1-7H3. The lowest BCUT2D eigenvalue weighted by molar-refractivity contribution is -0.0778. The summed E-state index contributed by atoms with van der Waals surface area (Å²) in [5, 5.41) is 0. The van der Waals surface area contributed by atoms with E-state index in [1.165, 1.54) is 32.4 Å². The van der Waals surface area contributed by atoms with Gasteiger partial charge in [0.05, 0.1) is 12.7 Å². The van der Waals surface area contributed by atoms with Gasteiger partial charge in [-0.3, -0.25) is 4.90 Å². The van der Waals surface area contributed by atoms with Crippen LogP contribution < -0.4 is 0 Å². The van der Waals surface area contributed by atoms with E-state index in [9.17, 15) is 0 Å². The highest BCUT2D eigenvalue weighted by atomic mass is 16.5. The lowest BCUT2D eigenvalue weighted by Crippen LogP contribution is -2.50. The summed E-state index contributed by atoms with van der Waals surface area (Å²) in [6, 6.07) is 0.588. The van der Waals surface area contributed by atoms with E-state index in [1.54, 1.807) is 0 Å². The highest BCUT2D eigenvalue weighted by Gasteiger charge is 2.33. The Balaban J connectivity index is 1.74. The zero-order valence-corrected chi connectivity index (χ0v) is 16.7. The van der Waals surface area contributed by atoms with Gasteiger partial charge in [0, 0.05) is 25.7 Å². The lowest BCUT2D eigenvalue weighted by Gasteiger charge is -2.43. The second-order valence-corrected chi connectivity index (χ2v) is 10.3. The minimum Gasteiger partial charge on any atom is -0.375 e. The van der Waals surface area contributed by atoms with Crippen LogP contribution in [-0.4, -0.2) is 62.3 Å². The Hall–Kier alpha value is -0.120. The van der Waals surface area contributed by atoms with Gasteiger partial charge >= 0.3 is 0 Å². The molecule has 0 spiro atoms. The molecule has 0 radical (unpaired) electrons. The van der Waals surface area contributed by atoms with Crippen molar-refractivity contribution in [2.45, 2.75) is 72.4 Å². The molecule has 0 bridgehead atoms. The molecule has 2 unspecified atom stereocenters. The Morgan fingerprint density at radius 1 is 0.957 bits per heavy atom. The van der Waals surface area contributed by atoms with Gasteiger partial charge in [-0.1, -0.05) is 34.6 Å². The molecule has 0 amide bonds. The molecule has 0 aromatic heterocycles. The third-order valence-electron chi connectivity index (χ3n) is 5.64. The van der Waals surface area contributed by atoms with Crippen molar-refractivity contribution in [3.8, 4) is 0 Å². The first-order valence-corrected chi connectivity index (χ1v) is 9.54. The van der Waals surface area contributed by atoms with E-state index in [4.69, 9.17) is 4.74 Å². The van der Waals surface area contributed by atoms with Gasteiger partial charge < -0.3 is 9.64 Å². The van der Waals surface area contributed by atoms with Crippen LogP contribution >= 0.6 is 0 Å². The Morgan fingerprint density at radius 3 is 2.13 bits per heavy atom. The fourth-order valence-corrected chi connectivity index (χ4v) is 4.26. The summed E-state index contributed by atoms with van der Waals surface area (Å²) >= 11 is 0. The van der Waals surface area contributed by atoms with Crippen molar-refractivity contribution in [1.29, 1.82) is 0 Å². The quantitative estimate of drug-likeness (QED) is 0.737. The number of morpholine rings is 1. The summed E-state index contributed by atoms with van der Waals surface area (Å²) in [6.45, 7) is 16.4. The number of hydrogen-bond acceptors (Lipinski definition) is 3. The van der Waals surface area contributed by atoms with Crippen LogP contribution in [0.3, 0.4) is 0 Å². The largest absolute Gasteiger partial charge is 0.375 e. The van der Waals surface area contributed by atoms with Crippen LogP contribution in [0.5, 0.6) is 0 Å².